The summed E-state index contributed by atoms with van der Waals surface area (Å²) in [5, 5.41) is 7.88. The topological polar surface area (TPSA) is 4.93 Å². The number of rotatable bonds is 2. The SMILES string of the molecule is CC1(C)c2ccccc2-c2c3c1cccc3cc1c3c4ccccc4ccc3n(-c3ccc(-c4ccccc4)cc3)c21. The molecule has 1 aliphatic carbocycles. The van der Waals surface area contributed by atoms with Crippen molar-refractivity contribution in [1.82, 2.24) is 4.57 Å². The van der Waals surface area contributed by atoms with Gasteiger partial charge >= 0.3 is 0 Å². The van der Waals surface area contributed by atoms with Crippen LogP contribution in [0, 0.1) is 0 Å². The molecule has 0 atom stereocenters. The lowest BCUT2D eigenvalue weighted by Gasteiger charge is -2.35. The number of hydrogen-bond acceptors (Lipinski definition) is 0. The van der Waals surface area contributed by atoms with Crippen molar-refractivity contribution in [1.29, 1.82) is 0 Å². The Hall–Kier alpha value is -5.14. The van der Waals surface area contributed by atoms with Crippen LogP contribution in [-0.2, 0) is 5.41 Å². The summed E-state index contributed by atoms with van der Waals surface area (Å²) < 4.78 is 2.52. The summed E-state index contributed by atoms with van der Waals surface area (Å²) in [5.41, 5.74) is 11.6. The van der Waals surface area contributed by atoms with Crippen LogP contribution < -0.4 is 0 Å². The Morgan fingerprint density at radius 3 is 2.05 bits per heavy atom. The number of hydrogen-bond donors (Lipinski definition) is 0. The third kappa shape index (κ3) is 3.08. The molecule has 0 fully saturated rings. The Morgan fingerprint density at radius 1 is 0.500 bits per heavy atom. The molecule has 7 aromatic carbocycles. The van der Waals surface area contributed by atoms with Crippen LogP contribution in [0.25, 0.3) is 71.3 Å². The summed E-state index contributed by atoms with van der Waals surface area (Å²) in [6, 6.07) is 51.5. The van der Waals surface area contributed by atoms with E-state index in [1.54, 1.807) is 0 Å². The zero-order valence-electron chi connectivity index (χ0n) is 23.7. The molecule has 0 unspecified atom stereocenters. The average molecular weight is 536 g/mol. The summed E-state index contributed by atoms with van der Waals surface area (Å²) in [6.07, 6.45) is 0. The standard InChI is InChI=1S/C41H29N/c1-41(2)34-17-9-8-16-32(34)39-37-29(14-10-18-35(37)41)25-33-38-31-15-7-6-13-28(31)21-24-36(38)42(40(33)39)30-22-19-27(20-23-30)26-11-4-3-5-12-26/h3-25H,1-2H3. The van der Waals surface area contributed by atoms with E-state index in [-0.39, 0.29) is 5.41 Å². The lowest BCUT2D eigenvalue weighted by molar-refractivity contribution is 0.645. The van der Waals surface area contributed by atoms with Crippen molar-refractivity contribution >= 4 is 43.4 Å². The van der Waals surface area contributed by atoms with Gasteiger partial charge < -0.3 is 4.57 Å². The third-order valence-corrected chi connectivity index (χ3v) is 9.56. The number of aromatic nitrogens is 1. The van der Waals surface area contributed by atoms with Crippen molar-refractivity contribution in [3.8, 4) is 27.9 Å². The summed E-state index contributed by atoms with van der Waals surface area (Å²) >= 11 is 0. The van der Waals surface area contributed by atoms with Crippen molar-refractivity contribution < 1.29 is 0 Å². The first kappa shape index (κ1) is 23.6. The van der Waals surface area contributed by atoms with Crippen LogP contribution in [0.3, 0.4) is 0 Å². The molecule has 8 aromatic rings. The van der Waals surface area contributed by atoms with Crippen molar-refractivity contribution in [2.45, 2.75) is 19.3 Å². The third-order valence-electron chi connectivity index (χ3n) is 9.56. The van der Waals surface area contributed by atoms with Gasteiger partial charge in [0.25, 0.3) is 0 Å². The second-order valence-corrected chi connectivity index (χ2v) is 12.2. The van der Waals surface area contributed by atoms with E-state index in [0.717, 1.165) is 0 Å². The van der Waals surface area contributed by atoms with Crippen LogP contribution in [0.15, 0.2) is 140 Å². The van der Waals surface area contributed by atoms with Gasteiger partial charge in [0, 0.05) is 27.4 Å². The Kier molecular flexibility index (Phi) is 4.73. The van der Waals surface area contributed by atoms with Gasteiger partial charge in [-0.15, -0.1) is 0 Å². The molecule has 1 heterocycles. The highest BCUT2D eigenvalue weighted by atomic mass is 15.0. The molecule has 0 amide bonds. The minimum atomic E-state index is -0.0857. The van der Waals surface area contributed by atoms with Crippen LogP contribution in [-0.4, -0.2) is 4.57 Å². The Balaban J connectivity index is 1.49. The maximum absolute atomic E-state index is 2.52. The molecule has 1 heteroatoms. The zero-order chi connectivity index (χ0) is 28.0. The lowest BCUT2D eigenvalue weighted by atomic mass is 9.68. The quantitative estimate of drug-likeness (QED) is 0.207. The van der Waals surface area contributed by atoms with Crippen LogP contribution in [0.1, 0.15) is 25.0 Å². The van der Waals surface area contributed by atoms with Crippen LogP contribution in [0.2, 0.25) is 0 Å². The highest BCUT2D eigenvalue weighted by Crippen LogP contribution is 2.53. The van der Waals surface area contributed by atoms with Gasteiger partial charge in [0.05, 0.1) is 11.0 Å². The molecule has 0 radical (unpaired) electrons. The van der Waals surface area contributed by atoms with Gasteiger partial charge in [-0.05, 0) is 73.6 Å². The molecular weight excluding hydrogens is 506 g/mol. The van der Waals surface area contributed by atoms with Crippen LogP contribution in [0.5, 0.6) is 0 Å². The summed E-state index contributed by atoms with van der Waals surface area (Å²) in [4.78, 5) is 0. The summed E-state index contributed by atoms with van der Waals surface area (Å²) in [7, 11) is 0. The molecule has 1 aliphatic rings. The fourth-order valence-electron chi connectivity index (χ4n) is 7.60. The fourth-order valence-corrected chi connectivity index (χ4v) is 7.60. The molecule has 1 aromatic heterocycles. The number of fused-ring (bicyclic) bond motifs is 8. The van der Waals surface area contributed by atoms with Crippen molar-refractivity contribution in [2.24, 2.45) is 0 Å². The van der Waals surface area contributed by atoms with Gasteiger partial charge in [-0.3, -0.25) is 0 Å². The van der Waals surface area contributed by atoms with E-state index in [9.17, 15) is 0 Å². The first-order chi connectivity index (χ1) is 20.6. The Bertz CT molecular complexity index is 2350. The number of benzene rings is 7. The lowest BCUT2D eigenvalue weighted by Crippen LogP contribution is -2.23. The normalized spacial score (nSPS) is 13.7. The molecule has 0 N–H and O–H groups in total. The van der Waals surface area contributed by atoms with Crippen LogP contribution in [0.4, 0.5) is 0 Å². The molecule has 0 bridgehead atoms. The van der Waals surface area contributed by atoms with E-state index < -0.39 is 0 Å². The molecule has 1 nitrogen and oxygen atoms in total. The smallest absolute Gasteiger partial charge is 0.0626 e. The molecular formula is C41H29N. The van der Waals surface area contributed by atoms with Crippen molar-refractivity contribution in [3.05, 3.63) is 151 Å². The van der Waals surface area contributed by atoms with E-state index in [1.165, 1.54) is 82.4 Å². The maximum atomic E-state index is 2.52. The van der Waals surface area contributed by atoms with Gasteiger partial charge in [-0.2, -0.15) is 0 Å². The van der Waals surface area contributed by atoms with Gasteiger partial charge in [0.1, 0.15) is 0 Å². The molecule has 0 aliphatic heterocycles. The molecule has 198 valence electrons. The molecule has 0 spiro atoms. The minimum Gasteiger partial charge on any atom is -0.309 e. The Morgan fingerprint density at radius 2 is 1.19 bits per heavy atom. The largest absolute Gasteiger partial charge is 0.309 e. The number of nitrogens with zero attached hydrogens (tertiary/aromatic N) is 1. The minimum absolute atomic E-state index is 0.0857. The highest BCUT2D eigenvalue weighted by Gasteiger charge is 2.35. The first-order valence-electron chi connectivity index (χ1n) is 14.8. The van der Waals surface area contributed by atoms with Crippen LogP contribution >= 0.6 is 0 Å². The van der Waals surface area contributed by atoms with E-state index in [2.05, 4.69) is 158 Å². The molecule has 42 heavy (non-hydrogen) atoms. The average Bonchev–Trinajstić information content (AvgIpc) is 3.38. The second-order valence-electron chi connectivity index (χ2n) is 12.2. The van der Waals surface area contributed by atoms with E-state index >= 15 is 0 Å². The second kappa shape index (κ2) is 8.44. The summed E-state index contributed by atoms with van der Waals surface area (Å²) in [6.45, 7) is 4.75. The van der Waals surface area contributed by atoms with Gasteiger partial charge in [0.15, 0.2) is 0 Å². The predicted molar refractivity (Wildman–Crippen MR) is 179 cm³/mol. The van der Waals surface area contributed by atoms with Crippen molar-refractivity contribution in [2.75, 3.05) is 0 Å². The van der Waals surface area contributed by atoms with E-state index in [4.69, 9.17) is 0 Å². The maximum Gasteiger partial charge on any atom is 0.0626 e. The van der Waals surface area contributed by atoms with E-state index in [0.29, 0.717) is 0 Å². The van der Waals surface area contributed by atoms with Gasteiger partial charge in [-0.25, -0.2) is 0 Å². The molecule has 0 saturated heterocycles. The van der Waals surface area contributed by atoms with Crippen molar-refractivity contribution in [3.63, 3.8) is 0 Å². The predicted octanol–water partition coefficient (Wildman–Crippen LogP) is 11.1. The molecule has 0 saturated carbocycles. The van der Waals surface area contributed by atoms with Gasteiger partial charge in [0.2, 0.25) is 0 Å². The Labute approximate surface area is 245 Å². The molecule has 9 rings (SSSR count). The fraction of sp³-hybridized carbons (Fsp3) is 0.0732. The van der Waals surface area contributed by atoms with E-state index in [1.807, 2.05) is 0 Å². The first-order valence-corrected chi connectivity index (χ1v) is 14.8. The van der Waals surface area contributed by atoms with Gasteiger partial charge in [-0.1, -0.05) is 129 Å². The highest BCUT2D eigenvalue weighted by molar-refractivity contribution is 6.28. The summed E-state index contributed by atoms with van der Waals surface area (Å²) in [5.74, 6) is 0. The monoisotopic (exact) mass is 535 g/mol. The zero-order valence-corrected chi connectivity index (χ0v) is 23.7.